The Morgan fingerprint density at radius 1 is 1.19 bits per heavy atom. The molecule has 27 heavy (non-hydrogen) atoms. The van der Waals surface area contributed by atoms with Gasteiger partial charge in [0, 0.05) is 32.6 Å². The van der Waals surface area contributed by atoms with Crippen LogP contribution < -0.4 is 20.1 Å². The fourth-order valence-corrected chi connectivity index (χ4v) is 2.94. The topological polar surface area (TPSA) is 72.1 Å². The van der Waals surface area contributed by atoms with Crippen molar-refractivity contribution < 1.29 is 19.0 Å². The highest BCUT2D eigenvalue weighted by Crippen LogP contribution is 2.32. The molecule has 1 unspecified atom stereocenters. The van der Waals surface area contributed by atoms with Crippen molar-refractivity contribution in [3.63, 3.8) is 0 Å². The van der Waals surface area contributed by atoms with Crippen LogP contribution in [0.2, 0.25) is 0 Å². The summed E-state index contributed by atoms with van der Waals surface area (Å²) in [4.78, 5) is 14.3. The molecule has 1 aliphatic rings. The van der Waals surface area contributed by atoms with Crippen molar-refractivity contribution in [2.75, 3.05) is 60.7 Å². The monoisotopic (exact) mass is 423 g/mol. The molecule has 0 radical (unpaired) electrons. The third kappa shape index (κ3) is 7.71. The molecular weight excluding hydrogens is 393 g/mol. The summed E-state index contributed by atoms with van der Waals surface area (Å²) in [7, 11) is 5.09. The first-order valence-corrected chi connectivity index (χ1v) is 8.64. The van der Waals surface area contributed by atoms with Crippen LogP contribution in [0.25, 0.3) is 0 Å². The van der Waals surface area contributed by atoms with Gasteiger partial charge in [-0.1, -0.05) is 6.07 Å². The summed E-state index contributed by atoms with van der Waals surface area (Å²) in [5, 5.41) is 6.04. The maximum Gasteiger partial charge on any atom is 0.221 e. The van der Waals surface area contributed by atoms with Gasteiger partial charge in [0.15, 0.2) is 11.5 Å². The van der Waals surface area contributed by atoms with Crippen molar-refractivity contribution in [1.82, 2.24) is 15.5 Å². The van der Waals surface area contributed by atoms with Crippen molar-refractivity contribution in [3.8, 4) is 11.5 Å². The van der Waals surface area contributed by atoms with Gasteiger partial charge in [0.25, 0.3) is 0 Å². The second kappa shape index (κ2) is 13.8. The van der Waals surface area contributed by atoms with Crippen molar-refractivity contribution in [1.29, 1.82) is 0 Å². The molecule has 0 aromatic heterocycles. The Bertz CT molecular complexity index is 557. The van der Waals surface area contributed by atoms with E-state index in [9.17, 15) is 4.79 Å². The lowest BCUT2D eigenvalue weighted by Gasteiger charge is -2.35. The lowest BCUT2D eigenvalue weighted by molar-refractivity contribution is -0.121. The highest BCUT2D eigenvalue weighted by atomic mass is 35.5. The fourth-order valence-electron chi connectivity index (χ4n) is 2.94. The van der Waals surface area contributed by atoms with Gasteiger partial charge in [0.1, 0.15) is 0 Å². The standard InChI is InChI=1S/C18H29N3O4.2ClH/c1-19-7-6-18(22)20-13-15(21-8-10-25-11-9-21)14-4-5-16(23-2)17(12-14)24-3;;/h4-5,12,15,19H,6-11,13H2,1-3H3,(H,20,22);2*1H. The molecule has 0 bridgehead atoms. The highest BCUT2D eigenvalue weighted by molar-refractivity contribution is 5.85. The van der Waals surface area contributed by atoms with Gasteiger partial charge in [-0.3, -0.25) is 9.69 Å². The molecule has 0 aliphatic carbocycles. The van der Waals surface area contributed by atoms with Crippen molar-refractivity contribution in [2.45, 2.75) is 12.5 Å². The van der Waals surface area contributed by atoms with Crippen molar-refractivity contribution in [3.05, 3.63) is 23.8 Å². The summed E-state index contributed by atoms with van der Waals surface area (Å²) in [5.74, 6) is 1.44. The van der Waals surface area contributed by atoms with Gasteiger partial charge in [-0.15, -0.1) is 24.8 Å². The van der Waals surface area contributed by atoms with Gasteiger partial charge < -0.3 is 24.8 Å². The third-order valence-corrected chi connectivity index (χ3v) is 4.37. The molecule has 0 saturated carbocycles. The molecule has 1 fully saturated rings. The van der Waals surface area contributed by atoms with E-state index >= 15 is 0 Å². The number of nitrogens with zero attached hydrogens (tertiary/aromatic N) is 1. The number of benzene rings is 1. The van der Waals surface area contributed by atoms with Gasteiger partial charge in [0.2, 0.25) is 5.91 Å². The molecular formula is C18H31Cl2N3O4. The summed E-state index contributed by atoms with van der Waals surface area (Å²) >= 11 is 0. The Morgan fingerprint density at radius 3 is 2.44 bits per heavy atom. The Balaban J connectivity index is 0.00000338. The van der Waals surface area contributed by atoms with Gasteiger partial charge in [0.05, 0.1) is 33.5 Å². The van der Waals surface area contributed by atoms with E-state index in [4.69, 9.17) is 14.2 Å². The zero-order valence-corrected chi connectivity index (χ0v) is 17.8. The van der Waals surface area contributed by atoms with Crippen LogP contribution in [0.4, 0.5) is 0 Å². The second-order valence-corrected chi connectivity index (χ2v) is 5.94. The summed E-state index contributed by atoms with van der Waals surface area (Å²) in [6, 6.07) is 5.99. The number of rotatable bonds is 9. The summed E-state index contributed by atoms with van der Waals surface area (Å²) < 4.78 is 16.2. The molecule has 1 amide bonds. The number of ether oxygens (including phenoxy) is 3. The number of methoxy groups -OCH3 is 2. The van der Waals surface area contributed by atoms with Crippen LogP contribution in [0.5, 0.6) is 11.5 Å². The zero-order valence-electron chi connectivity index (χ0n) is 16.2. The normalized spacial score (nSPS) is 15.1. The summed E-state index contributed by atoms with van der Waals surface area (Å²) in [5.41, 5.74) is 1.09. The predicted molar refractivity (Wildman–Crippen MR) is 111 cm³/mol. The Labute approximate surface area is 173 Å². The number of morpholine rings is 1. The zero-order chi connectivity index (χ0) is 18.1. The Morgan fingerprint density at radius 2 is 1.85 bits per heavy atom. The maximum atomic E-state index is 12.0. The quantitative estimate of drug-likeness (QED) is 0.628. The Hall–Kier alpha value is -1.25. The van der Waals surface area contributed by atoms with Crippen LogP contribution in [-0.2, 0) is 9.53 Å². The first kappa shape index (κ1) is 25.8. The number of carbonyl (C=O) groups is 1. The number of hydrogen-bond donors (Lipinski definition) is 2. The van der Waals surface area contributed by atoms with Crippen LogP contribution in [0, 0.1) is 0 Å². The van der Waals surface area contributed by atoms with E-state index < -0.39 is 0 Å². The van der Waals surface area contributed by atoms with E-state index in [0.717, 1.165) is 18.7 Å². The molecule has 0 spiro atoms. The number of hydrogen-bond acceptors (Lipinski definition) is 6. The van der Waals surface area contributed by atoms with Crippen molar-refractivity contribution >= 4 is 30.7 Å². The molecule has 1 atom stereocenters. The van der Waals surface area contributed by atoms with E-state index in [2.05, 4.69) is 15.5 Å². The summed E-state index contributed by atoms with van der Waals surface area (Å²) in [6.07, 6.45) is 0.471. The van der Waals surface area contributed by atoms with Gasteiger partial charge in [-0.05, 0) is 24.7 Å². The third-order valence-electron chi connectivity index (χ3n) is 4.37. The molecule has 2 N–H and O–H groups in total. The minimum atomic E-state index is 0. The number of nitrogens with one attached hydrogen (secondary N) is 2. The van der Waals surface area contributed by atoms with E-state index in [1.165, 1.54) is 0 Å². The second-order valence-electron chi connectivity index (χ2n) is 5.94. The predicted octanol–water partition coefficient (Wildman–Crippen LogP) is 1.65. The van der Waals surface area contributed by atoms with Gasteiger partial charge >= 0.3 is 0 Å². The smallest absolute Gasteiger partial charge is 0.221 e. The van der Waals surface area contributed by atoms with E-state index in [1.807, 2.05) is 25.2 Å². The largest absolute Gasteiger partial charge is 0.493 e. The van der Waals surface area contributed by atoms with Crippen LogP contribution in [0.1, 0.15) is 18.0 Å². The lowest BCUT2D eigenvalue weighted by Crippen LogP contribution is -2.44. The average molecular weight is 424 g/mol. The first-order valence-electron chi connectivity index (χ1n) is 8.64. The molecule has 1 aliphatic heterocycles. The van der Waals surface area contributed by atoms with Crippen molar-refractivity contribution in [2.24, 2.45) is 0 Å². The molecule has 9 heteroatoms. The number of amides is 1. The minimum absolute atomic E-state index is 0. The SMILES string of the molecule is CNCCC(=O)NCC(c1ccc(OC)c(OC)c1)N1CCOCC1.Cl.Cl. The summed E-state index contributed by atoms with van der Waals surface area (Å²) in [6.45, 7) is 4.31. The molecule has 2 rings (SSSR count). The first-order chi connectivity index (χ1) is 12.2. The van der Waals surface area contributed by atoms with E-state index in [1.54, 1.807) is 14.2 Å². The lowest BCUT2D eigenvalue weighted by atomic mass is 10.0. The van der Waals surface area contributed by atoms with Crippen LogP contribution in [0.3, 0.4) is 0 Å². The maximum absolute atomic E-state index is 12.0. The highest BCUT2D eigenvalue weighted by Gasteiger charge is 2.24. The molecule has 1 saturated heterocycles. The van der Waals surface area contributed by atoms with Crippen LogP contribution >= 0.6 is 24.8 Å². The van der Waals surface area contributed by atoms with E-state index in [-0.39, 0.29) is 36.8 Å². The molecule has 7 nitrogen and oxygen atoms in total. The molecule has 156 valence electrons. The van der Waals surface area contributed by atoms with Crippen LogP contribution in [-0.4, -0.2) is 71.5 Å². The minimum Gasteiger partial charge on any atom is -0.493 e. The Kier molecular flexibility index (Phi) is 13.2. The van der Waals surface area contributed by atoms with Crippen LogP contribution in [0.15, 0.2) is 18.2 Å². The van der Waals surface area contributed by atoms with E-state index in [0.29, 0.717) is 44.2 Å². The molecule has 1 aromatic rings. The van der Waals surface area contributed by atoms with Gasteiger partial charge in [-0.2, -0.15) is 0 Å². The van der Waals surface area contributed by atoms with Gasteiger partial charge in [-0.25, -0.2) is 0 Å². The average Bonchev–Trinajstić information content (AvgIpc) is 2.67. The fraction of sp³-hybridized carbons (Fsp3) is 0.611. The molecule has 1 heterocycles. The molecule has 1 aromatic carbocycles. The number of carbonyl (C=O) groups excluding carboxylic acids is 1. The number of halogens is 2.